The molecule has 0 saturated heterocycles. The number of aromatic nitrogens is 4. The van der Waals surface area contributed by atoms with E-state index in [1.165, 1.54) is 5.39 Å². The number of fused-ring (bicyclic) bond motifs is 11. The minimum Gasteiger partial charge on any atom is -0.453 e. The molecule has 0 fully saturated rings. The fourth-order valence-electron chi connectivity index (χ4n) is 10.6. The van der Waals surface area contributed by atoms with Crippen LogP contribution in [0.15, 0.2) is 247 Å². The standard InChI is InChI=1S/C64H40N4O/c1-6-20-41(21-7-1)52-38-45(64-65-54(43-24-10-3-11-25-43)40-55(66-64)44-26-12-4-13-27-44)39-53(42-22-8-2-9-23-42)60(52)68-57-33-19-17-31-51(57)59-58(68)37-36-49-50-35-34-48-47-30-16-18-32-56(47)67(46-28-14-5-15-29-46)61(48)63(50)69-62(49)59/h1-40H. The number of furan rings is 1. The van der Waals surface area contributed by atoms with Gasteiger partial charge in [-0.1, -0.05) is 182 Å². The Bertz CT molecular complexity index is 4150. The Morgan fingerprint density at radius 3 is 1.38 bits per heavy atom. The van der Waals surface area contributed by atoms with Crippen molar-refractivity contribution in [2.75, 3.05) is 0 Å². The van der Waals surface area contributed by atoms with Gasteiger partial charge >= 0.3 is 0 Å². The van der Waals surface area contributed by atoms with Gasteiger partial charge in [-0.15, -0.1) is 0 Å². The van der Waals surface area contributed by atoms with E-state index in [0.717, 1.165) is 122 Å². The predicted octanol–water partition coefficient (Wildman–Crippen LogP) is 16.9. The lowest BCUT2D eigenvalue weighted by Crippen LogP contribution is -2.03. The first-order valence-electron chi connectivity index (χ1n) is 23.4. The van der Waals surface area contributed by atoms with Crippen LogP contribution in [0.2, 0.25) is 0 Å². The molecule has 0 N–H and O–H groups in total. The van der Waals surface area contributed by atoms with Crippen molar-refractivity contribution < 1.29 is 4.42 Å². The van der Waals surface area contributed by atoms with Crippen LogP contribution in [0.5, 0.6) is 0 Å². The highest BCUT2D eigenvalue weighted by molar-refractivity contribution is 6.28. The van der Waals surface area contributed by atoms with Gasteiger partial charge in [0.25, 0.3) is 0 Å². The van der Waals surface area contributed by atoms with E-state index in [2.05, 4.69) is 240 Å². The fraction of sp³-hybridized carbons (Fsp3) is 0. The highest BCUT2D eigenvalue weighted by atomic mass is 16.3. The zero-order valence-corrected chi connectivity index (χ0v) is 37.3. The minimum absolute atomic E-state index is 0.654. The Morgan fingerprint density at radius 2 is 0.783 bits per heavy atom. The van der Waals surface area contributed by atoms with E-state index in [4.69, 9.17) is 14.4 Å². The summed E-state index contributed by atoms with van der Waals surface area (Å²) in [6.45, 7) is 0. The first kappa shape index (κ1) is 38.9. The Hall–Kier alpha value is -9.32. The largest absolute Gasteiger partial charge is 0.453 e. The van der Waals surface area contributed by atoms with E-state index in [9.17, 15) is 0 Å². The Kier molecular flexibility index (Phi) is 8.83. The Labute approximate surface area is 397 Å². The molecule has 0 aliphatic carbocycles. The van der Waals surface area contributed by atoms with Crippen LogP contribution < -0.4 is 0 Å². The lowest BCUT2D eigenvalue weighted by Gasteiger charge is -2.21. The third-order valence-corrected chi connectivity index (χ3v) is 13.7. The minimum atomic E-state index is 0.654. The maximum atomic E-state index is 7.38. The molecule has 5 heteroatoms. The summed E-state index contributed by atoms with van der Waals surface area (Å²) in [7, 11) is 0. The van der Waals surface area contributed by atoms with Crippen LogP contribution in [0.3, 0.4) is 0 Å². The highest BCUT2D eigenvalue weighted by Crippen LogP contribution is 2.48. The molecule has 69 heavy (non-hydrogen) atoms. The summed E-state index contributed by atoms with van der Waals surface area (Å²) in [5.74, 6) is 0.654. The maximum Gasteiger partial charge on any atom is 0.160 e. The number of para-hydroxylation sites is 3. The first-order chi connectivity index (χ1) is 34.2. The maximum absolute atomic E-state index is 7.38. The highest BCUT2D eigenvalue weighted by Gasteiger charge is 2.26. The number of hydrogen-bond acceptors (Lipinski definition) is 3. The van der Waals surface area contributed by atoms with Crippen molar-refractivity contribution in [3.8, 4) is 67.5 Å². The lowest BCUT2D eigenvalue weighted by molar-refractivity contribution is 0.675. The summed E-state index contributed by atoms with van der Waals surface area (Å²) < 4.78 is 12.2. The van der Waals surface area contributed by atoms with Crippen molar-refractivity contribution in [1.82, 2.24) is 19.1 Å². The van der Waals surface area contributed by atoms with Gasteiger partial charge in [0.1, 0.15) is 5.58 Å². The second-order valence-electron chi connectivity index (χ2n) is 17.7. The number of nitrogens with zero attached hydrogens (tertiary/aromatic N) is 4. The van der Waals surface area contributed by atoms with Gasteiger partial charge in [0, 0.05) is 60.4 Å². The van der Waals surface area contributed by atoms with Crippen LogP contribution >= 0.6 is 0 Å². The SMILES string of the molecule is c1ccc(-c2cc(-c3ccccc3)nc(-c3cc(-c4ccccc4)c(-n4c5ccccc5c5c6oc7c(ccc8c9ccccc9n(-c9ccccc9)c87)c6ccc54)c(-c4ccccc4)c3)n2)cc1. The monoisotopic (exact) mass is 880 g/mol. The summed E-state index contributed by atoms with van der Waals surface area (Å²) >= 11 is 0. The predicted molar refractivity (Wildman–Crippen MR) is 285 cm³/mol. The zero-order chi connectivity index (χ0) is 45.4. The summed E-state index contributed by atoms with van der Waals surface area (Å²) in [4.78, 5) is 10.7. The molecular formula is C64H40N4O. The molecule has 0 spiro atoms. The number of rotatable bonds is 7. The van der Waals surface area contributed by atoms with Crippen LogP contribution in [0, 0.1) is 0 Å². The molecule has 0 aliphatic heterocycles. The summed E-state index contributed by atoms with van der Waals surface area (Å²) in [6, 6.07) is 86.0. The first-order valence-corrected chi connectivity index (χ1v) is 23.4. The zero-order valence-electron chi connectivity index (χ0n) is 37.3. The molecular weight excluding hydrogens is 841 g/mol. The van der Waals surface area contributed by atoms with E-state index in [-0.39, 0.29) is 0 Å². The van der Waals surface area contributed by atoms with Crippen LogP contribution in [0.4, 0.5) is 0 Å². The summed E-state index contributed by atoms with van der Waals surface area (Å²) in [5.41, 5.74) is 17.3. The van der Waals surface area contributed by atoms with Crippen molar-refractivity contribution in [2.45, 2.75) is 0 Å². The third-order valence-electron chi connectivity index (χ3n) is 13.7. The average molecular weight is 881 g/mol. The van der Waals surface area contributed by atoms with Crippen LogP contribution in [0.25, 0.3) is 133 Å². The number of hydrogen-bond donors (Lipinski definition) is 0. The molecule has 0 aliphatic rings. The van der Waals surface area contributed by atoms with E-state index in [1.807, 2.05) is 12.1 Å². The Balaban J connectivity index is 1.09. The van der Waals surface area contributed by atoms with Crippen molar-refractivity contribution in [1.29, 1.82) is 0 Å². The normalized spacial score (nSPS) is 11.8. The van der Waals surface area contributed by atoms with Crippen molar-refractivity contribution in [2.24, 2.45) is 0 Å². The van der Waals surface area contributed by atoms with Gasteiger partial charge in [0.05, 0.1) is 44.5 Å². The second kappa shape index (κ2) is 15.7. The molecule has 0 radical (unpaired) electrons. The molecule has 0 saturated carbocycles. The van der Waals surface area contributed by atoms with Gasteiger partial charge in [-0.05, 0) is 71.8 Å². The van der Waals surface area contributed by atoms with E-state index in [0.29, 0.717) is 5.82 Å². The second-order valence-corrected chi connectivity index (χ2v) is 17.7. The molecule has 5 nitrogen and oxygen atoms in total. The quantitative estimate of drug-likeness (QED) is 0.160. The molecule has 14 rings (SSSR count). The van der Waals surface area contributed by atoms with Gasteiger partial charge in [-0.25, -0.2) is 9.97 Å². The van der Waals surface area contributed by atoms with Gasteiger partial charge < -0.3 is 13.6 Å². The summed E-state index contributed by atoms with van der Waals surface area (Å²) in [6.07, 6.45) is 0. The van der Waals surface area contributed by atoms with Crippen molar-refractivity contribution >= 4 is 65.6 Å². The van der Waals surface area contributed by atoms with E-state index >= 15 is 0 Å². The molecule has 0 bridgehead atoms. The van der Waals surface area contributed by atoms with E-state index < -0.39 is 0 Å². The molecule has 4 heterocycles. The topological polar surface area (TPSA) is 48.8 Å². The van der Waals surface area contributed by atoms with Gasteiger partial charge in [-0.2, -0.15) is 0 Å². The molecule has 0 atom stereocenters. The van der Waals surface area contributed by atoms with Gasteiger partial charge in [-0.3, -0.25) is 0 Å². The average Bonchev–Trinajstić information content (AvgIpc) is 4.09. The van der Waals surface area contributed by atoms with Crippen molar-refractivity contribution in [3.05, 3.63) is 243 Å². The smallest absolute Gasteiger partial charge is 0.160 e. The van der Waals surface area contributed by atoms with Crippen LogP contribution in [0.1, 0.15) is 0 Å². The fourth-order valence-corrected chi connectivity index (χ4v) is 10.6. The molecule has 10 aromatic carbocycles. The molecule has 4 aromatic heterocycles. The number of benzene rings is 10. The molecule has 0 unspecified atom stereocenters. The van der Waals surface area contributed by atoms with Crippen LogP contribution in [-0.4, -0.2) is 19.1 Å². The molecule has 0 amide bonds. The third kappa shape index (κ3) is 6.18. The van der Waals surface area contributed by atoms with Crippen LogP contribution in [-0.2, 0) is 0 Å². The van der Waals surface area contributed by atoms with Gasteiger partial charge in [0.2, 0.25) is 0 Å². The Morgan fingerprint density at radius 1 is 0.319 bits per heavy atom. The molecule has 322 valence electrons. The molecule has 14 aromatic rings. The van der Waals surface area contributed by atoms with Crippen molar-refractivity contribution in [3.63, 3.8) is 0 Å². The lowest BCUT2D eigenvalue weighted by atomic mass is 9.92. The van der Waals surface area contributed by atoms with E-state index in [1.54, 1.807) is 0 Å². The van der Waals surface area contributed by atoms with Gasteiger partial charge in [0.15, 0.2) is 11.4 Å². The summed E-state index contributed by atoms with van der Waals surface area (Å²) in [5, 5.41) is 6.71.